The first-order valence-electron chi connectivity index (χ1n) is 8.78. The number of fused-ring (bicyclic) bond motifs is 4. The molecule has 0 saturated heterocycles. The molecule has 9 heteroatoms. The third kappa shape index (κ3) is 3.28. The normalized spacial score (nSPS) is 11.5. The molecule has 29 heavy (non-hydrogen) atoms. The second-order valence-electron chi connectivity index (χ2n) is 6.44. The lowest BCUT2D eigenvalue weighted by molar-refractivity contribution is -0.114. The molecular formula is C20H14N4O3S2. The second kappa shape index (κ2) is 7.02. The fraction of sp³-hybridized carbons (Fsp3) is 0.100. The van der Waals surface area contributed by atoms with Crippen molar-refractivity contribution in [3.05, 3.63) is 64.5 Å². The standard InChI is InChI=1S/C20H14N4O3S2/c1-11(25)21-13-6-7-14-12(8-18(26)27-16(14)9-13)10-28-19-22-23-20-24(19)15-4-2-3-5-17(15)29-20/h2-9H,10H2,1H3,(H,21,25). The number of carbonyl (C=O) groups is 1. The van der Waals surface area contributed by atoms with Crippen LogP contribution in [0.4, 0.5) is 5.69 Å². The predicted octanol–water partition coefficient (Wildman–Crippen LogP) is 4.30. The van der Waals surface area contributed by atoms with E-state index in [0.717, 1.165) is 31.3 Å². The summed E-state index contributed by atoms with van der Waals surface area (Å²) in [6.45, 7) is 1.43. The van der Waals surface area contributed by atoms with E-state index >= 15 is 0 Å². The van der Waals surface area contributed by atoms with Gasteiger partial charge in [0.05, 0.1) is 10.2 Å². The molecule has 0 spiro atoms. The molecule has 0 aliphatic rings. The maximum absolute atomic E-state index is 12.1. The van der Waals surface area contributed by atoms with Crippen LogP contribution >= 0.6 is 23.1 Å². The number of hydrogen-bond donors (Lipinski definition) is 1. The first-order chi connectivity index (χ1) is 14.1. The summed E-state index contributed by atoms with van der Waals surface area (Å²) < 4.78 is 8.51. The smallest absolute Gasteiger partial charge is 0.336 e. The molecule has 1 N–H and O–H groups in total. The Labute approximate surface area is 172 Å². The molecule has 0 unspecified atom stereocenters. The minimum Gasteiger partial charge on any atom is -0.423 e. The molecular weight excluding hydrogens is 408 g/mol. The lowest BCUT2D eigenvalue weighted by Gasteiger charge is -2.07. The molecule has 144 valence electrons. The van der Waals surface area contributed by atoms with E-state index in [1.54, 1.807) is 23.5 Å². The highest BCUT2D eigenvalue weighted by Crippen LogP contribution is 2.32. The Bertz CT molecular complexity index is 1450. The van der Waals surface area contributed by atoms with Crippen molar-refractivity contribution in [1.82, 2.24) is 14.6 Å². The molecule has 0 radical (unpaired) electrons. The molecule has 0 aliphatic heterocycles. The molecule has 7 nitrogen and oxygen atoms in total. The molecule has 0 atom stereocenters. The van der Waals surface area contributed by atoms with Crippen molar-refractivity contribution in [2.24, 2.45) is 0 Å². The summed E-state index contributed by atoms with van der Waals surface area (Å²) in [7, 11) is 0. The van der Waals surface area contributed by atoms with Gasteiger partial charge >= 0.3 is 5.63 Å². The summed E-state index contributed by atoms with van der Waals surface area (Å²) in [6.07, 6.45) is 0. The largest absolute Gasteiger partial charge is 0.423 e. The highest BCUT2D eigenvalue weighted by atomic mass is 32.2. The zero-order chi connectivity index (χ0) is 20.0. The highest BCUT2D eigenvalue weighted by molar-refractivity contribution is 7.98. The lowest BCUT2D eigenvalue weighted by Crippen LogP contribution is -2.06. The average Bonchev–Trinajstić information content (AvgIpc) is 3.24. The number of rotatable bonds is 4. The zero-order valence-corrected chi connectivity index (χ0v) is 16.8. The Morgan fingerprint density at radius 3 is 2.93 bits per heavy atom. The van der Waals surface area contributed by atoms with Crippen LogP contribution in [0, 0.1) is 0 Å². The van der Waals surface area contributed by atoms with Gasteiger partial charge in [-0.15, -0.1) is 10.2 Å². The van der Waals surface area contributed by atoms with E-state index in [1.165, 1.54) is 24.8 Å². The van der Waals surface area contributed by atoms with Crippen molar-refractivity contribution in [3.8, 4) is 0 Å². The van der Waals surface area contributed by atoms with Gasteiger partial charge in [0.1, 0.15) is 5.58 Å². The maximum atomic E-state index is 12.1. The zero-order valence-electron chi connectivity index (χ0n) is 15.2. The van der Waals surface area contributed by atoms with Gasteiger partial charge in [-0.2, -0.15) is 0 Å². The number of nitrogens with zero attached hydrogens (tertiary/aromatic N) is 3. The molecule has 2 aromatic carbocycles. The summed E-state index contributed by atoms with van der Waals surface area (Å²) >= 11 is 3.11. The van der Waals surface area contributed by atoms with Gasteiger partial charge in [-0.1, -0.05) is 35.2 Å². The maximum Gasteiger partial charge on any atom is 0.336 e. The summed E-state index contributed by atoms with van der Waals surface area (Å²) in [5.41, 5.74) is 2.50. The van der Waals surface area contributed by atoms with Gasteiger partial charge in [-0.05, 0) is 29.8 Å². The number of benzene rings is 2. The molecule has 0 bridgehead atoms. The Hall–Kier alpha value is -3.17. The summed E-state index contributed by atoms with van der Waals surface area (Å²) in [5, 5.41) is 12.9. The summed E-state index contributed by atoms with van der Waals surface area (Å²) in [5.74, 6) is 0.351. The first-order valence-corrected chi connectivity index (χ1v) is 10.6. The van der Waals surface area contributed by atoms with E-state index in [4.69, 9.17) is 4.42 Å². The monoisotopic (exact) mass is 422 g/mol. The number of aromatic nitrogens is 3. The Morgan fingerprint density at radius 1 is 1.21 bits per heavy atom. The Morgan fingerprint density at radius 2 is 2.07 bits per heavy atom. The van der Waals surface area contributed by atoms with E-state index in [9.17, 15) is 9.59 Å². The molecule has 5 aromatic rings. The first kappa shape index (κ1) is 17.9. The molecule has 1 amide bonds. The van der Waals surface area contributed by atoms with Gasteiger partial charge in [0.2, 0.25) is 10.9 Å². The van der Waals surface area contributed by atoms with Gasteiger partial charge in [-0.25, -0.2) is 4.79 Å². The average molecular weight is 422 g/mol. The van der Waals surface area contributed by atoms with Crippen molar-refractivity contribution < 1.29 is 9.21 Å². The Kier molecular flexibility index (Phi) is 4.33. The number of nitrogens with one attached hydrogen (secondary N) is 1. The van der Waals surface area contributed by atoms with Gasteiger partial charge in [0, 0.05) is 35.9 Å². The molecule has 3 aromatic heterocycles. The van der Waals surface area contributed by atoms with Crippen LogP contribution in [0.1, 0.15) is 12.5 Å². The van der Waals surface area contributed by atoms with Crippen molar-refractivity contribution in [2.45, 2.75) is 17.8 Å². The van der Waals surface area contributed by atoms with E-state index in [-0.39, 0.29) is 5.91 Å². The lowest BCUT2D eigenvalue weighted by atomic mass is 10.1. The molecule has 5 rings (SSSR count). The minimum atomic E-state index is -0.430. The van der Waals surface area contributed by atoms with Gasteiger partial charge in [-0.3, -0.25) is 9.20 Å². The third-order valence-electron chi connectivity index (χ3n) is 4.42. The van der Waals surface area contributed by atoms with Crippen LogP contribution in [0.25, 0.3) is 26.1 Å². The van der Waals surface area contributed by atoms with Crippen molar-refractivity contribution in [2.75, 3.05) is 5.32 Å². The number of anilines is 1. The predicted molar refractivity (Wildman–Crippen MR) is 115 cm³/mol. The van der Waals surface area contributed by atoms with E-state index < -0.39 is 5.63 Å². The van der Waals surface area contributed by atoms with Crippen LogP contribution in [0.5, 0.6) is 0 Å². The molecule has 0 fully saturated rings. The minimum absolute atomic E-state index is 0.183. The Balaban J connectivity index is 1.51. The van der Waals surface area contributed by atoms with Crippen LogP contribution in [-0.4, -0.2) is 20.5 Å². The summed E-state index contributed by atoms with van der Waals surface area (Å²) in [6, 6.07) is 14.9. The highest BCUT2D eigenvalue weighted by Gasteiger charge is 2.14. The molecule has 3 heterocycles. The number of para-hydroxylation sites is 1. The van der Waals surface area contributed by atoms with Crippen molar-refractivity contribution in [1.29, 1.82) is 0 Å². The van der Waals surface area contributed by atoms with Crippen molar-refractivity contribution >= 4 is 60.8 Å². The van der Waals surface area contributed by atoms with Crippen molar-refractivity contribution in [3.63, 3.8) is 0 Å². The van der Waals surface area contributed by atoms with Gasteiger partial charge in [0.15, 0.2) is 5.16 Å². The number of carbonyl (C=O) groups excluding carboxylic acids is 1. The quantitative estimate of drug-likeness (QED) is 0.343. The fourth-order valence-electron chi connectivity index (χ4n) is 3.22. The fourth-order valence-corrected chi connectivity index (χ4v) is 5.18. The van der Waals surface area contributed by atoms with Crippen LogP contribution in [-0.2, 0) is 10.5 Å². The topological polar surface area (TPSA) is 89.5 Å². The van der Waals surface area contributed by atoms with E-state index in [2.05, 4.69) is 21.6 Å². The number of thiazole rings is 1. The SMILES string of the molecule is CC(=O)Nc1ccc2c(CSc3nnc4sc5ccccc5n34)cc(=O)oc2c1. The third-order valence-corrected chi connectivity index (χ3v) is 6.41. The number of hydrogen-bond acceptors (Lipinski definition) is 7. The second-order valence-corrected chi connectivity index (χ2v) is 8.39. The van der Waals surface area contributed by atoms with E-state index in [0.29, 0.717) is 17.0 Å². The molecule has 0 aliphatic carbocycles. The van der Waals surface area contributed by atoms with E-state index in [1.807, 2.05) is 28.7 Å². The van der Waals surface area contributed by atoms with Crippen LogP contribution < -0.4 is 10.9 Å². The molecule has 0 saturated carbocycles. The van der Waals surface area contributed by atoms with Crippen LogP contribution in [0.15, 0.2) is 62.9 Å². The summed E-state index contributed by atoms with van der Waals surface area (Å²) in [4.78, 5) is 24.2. The van der Waals surface area contributed by atoms with Crippen LogP contribution in [0.3, 0.4) is 0 Å². The van der Waals surface area contributed by atoms with Crippen LogP contribution in [0.2, 0.25) is 0 Å². The van der Waals surface area contributed by atoms with Gasteiger partial charge < -0.3 is 9.73 Å². The number of thioether (sulfide) groups is 1. The van der Waals surface area contributed by atoms with Gasteiger partial charge in [0.25, 0.3) is 0 Å². The number of amides is 1.